The Morgan fingerprint density at radius 1 is 1.18 bits per heavy atom. The van der Waals surface area contributed by atoms with Crippen LogP contribution in [0.15, 0.2) is 18.2 Å². The fraction of sp³-hybridized carbons (Fsp3) is 0.571. The molecule has 0 radical (unpaired) electrons. The van der Waals surface area contributed by atoms with Crippen molar-refractivity contribution in [2.45, 2.75) is 18.9 Å². The van der Waals surface area contributed by atoms with Crippen molar-refractivity contribution in [3.05, 3.63) is 29.3 Å². The topological polar surface area (TPSA) is 26.7 Å². The minimum absolute atomic E-state index is 0.230. The van der Waals surface area contributed by atoms with Gasteiger partial charge in [0.2, 0.25) is 0 Å². The first-order valence-corrected chi connectivity index (χ1v) is 6.48. The number of piperazine rings is 1. The molecule has 1 fully saturated rings. The molecule has 1 aromatic carbocycles. The SMILES string of the molecule is CN1CCN(c2ccc3c(c2)CCC3O)CC1. The van der Waals surface area contributed by atoms with Crippen LogP contribution in [0.4, 0.5) is 5.69 Å². The van der Waals surface area contributed by atoms with Gasteiger partial charge >= 0.3 is 0 Å². The van der Waals surface area contributed by atoms with Crippen LogP contribution in [0.25, 0.3) is 0 Å². The molecule has 0 bridgehead atoms. The van der Waals surface area contributed by atoms with Crippen molar-refractivity contribution in [3.8, 4) is 0 Å². The number of benzene rings is 1. The Morgan fingerprint density at radius 3 is 2.71 bits per heavy atom. The molecule has 1 N–H and O–H groups in total. The maximum Gasteiger partial charge on any atom is 0.0795 e. The minimum atomic E-state index is -0.230. The molecule has 92 valence electrons. The van der Waals surface area contributed by atoms with Crippen LogP contribution in [0.1, 0.15) is 23.7 Å². The Morgan fingerprint density at radius 2 is 1.94 bits per heavy atom. The summed E-state index contributed by atoms with van der Waals surface area (Å²) in [5.74, 6) is 0. The van der Waals surface area contributed by atoms with Gasteiger partial charge in [-0.05, 0) is 43.1 Å². The van der Waals surface area contributed by atoms with E-state index >= 15 is 0 Å². The molecule has 1 atom stereocenters. The third-order valence-corrected chi connectivity index (χ3v) is 4.04. The van der Waals surface area contributed by atoms with Crippen LogP contribution < -0.4 is 4.90 Å². The lowest BCUT2D eigenvalue weighted by Gasteiger charge is -2.34. The van der Waals surface area contributed by atoms with E-state index in [1.54, 1.807) is 0 Å². The molecular weight excluding hydrogens is 212 g/mol. The highest BCUT2D eigenvalue weighted by molar-refractivity contribution is 5.53. The summed E-state index contributed by atoms with van der Waals surface area (Å²) in [6.45, 7) is 4.50. The molecule has 3 rings (SSSR count). The van der Waals surface area contributed by atoms with Gasteiger partial charge in [0.1, 0.15) is 0 Å². The number of aryl methyl sites for hydroxylation is 1. The maximum atomic E-state index is 9.80. The number of nitrogens with zero attached hydrogens (tertiary/aromatic N) is 2. The Hall–Kier alpha value is -1.06. The molecule has 1 aliphatic carbocycles. The van der Waals surface area contributed by atoms with Crippen LogP contribution in [0.2, 0.25) is 0 Å². The van der Waals surface area contributed by atoms with Gasteiger partial charge in [0.25, 0.3) is 0 Å². The van der Waals surface area contributed by atoms with Gasteiger partial charge in [0.05, 0.1) is 6.10 Å². The first kappa shape index (κ1) is 11.1. The van der Waals surface area contributed by atoms with E-state index in [-0.39, 0.29) is 6.10 Å². The van der Waals surface area contributed by atoms with E-state index in [4.69, 9.17) is 0 Å². The van der Waals surface area contributed by atoms with Crippen molar-refractivity contribution >= 4 is 5.69 Å². The predicted molar refractivity (Wildman–Crippen MR) is 69.4 cm³/mol. The van der Waals surface area contributed by atoms with E-state index in [0.717, 1.165) is 44.6 Å². The largest absolute Gasteiger partial charge is 0.388 e. The molecule has 1 unspecified atom stereocenters. The van der Waals surface area contributed by atoms with E-state index in [1.165, 1.54) is 11.3 Å². The molecule has 0 aromatic heterocycles. The summed E-state index contributed by atoms with van der Waals surface area (Å²) in [6, 6.07) is 6.55. The molecule has 3 nitrogen and oxygen atoms in total. The second-order valence-electron chi connectivity index (χ2n) is 5.23. The van der Waals surface area contributed by atoms with E-state index in [1.807, 2.05) is 0 Å². The summed E-state index contributed by atoms with van der Waals surface area (Å²) < 4.78 is 0. The zero-order valence-corrected chi connectivity index (χ0v) is 10.4. The molecule has 1 aromatic rings. The number of hydrogen-bond acceptors (Lipinski definition) is 3. The van der Waals surface area contributed by atoms with Gasteiger partial charge in [-0.15, -0.1) is 0 Å². The molecule has 17 heavy (non-hydrogen) atoms. The van der Waals surface area contributed by atoms with E-state index in [9.17, 15) is 5.11 Å². The molecule has 1 saturated heterocycles. The molecule has 0 amide bonds. The molecule has 1 aliphatic heterocycles. The second-order valence-corrected chi connectivity index (χ2v) is 5.23. The zero-order chi connectivity index (χ0) is 11.8. The Bertz CT molecular complexity index is 411. The monoisotopic (exact) mass is 232 g/mol. The van der Waals surface area contributed by atoms with Crippen LogP contribution >= 0.6 is 0 Å². The lowest BCUT2D eigenvalue weighted by atomic mass is 10.1. The number of hydrogen-bond donors (Lipinski definition) is 1. The van der Waals surface area contributed by atoms with E-state index in [0.29, 0.717) is 0 Å². The fourth-order valence-electron chi connectivity index (χ4n) is 2.84. The quantitative estimate of drug-likeness (QED) is 0.793. The number of aliphatic hydroxyl groups excluding tert-OH is 1. The number of anilines is 1. The Kier molecular flexibility index (Phi) is 2.81. The lowest BCUT2D eigenvalue weighted by molar-refractivity contribution is 0.180. The van der Waals surface area contributed by atoms with Gasteiger partial charge in [0, 0.05) is 31.9 Å². The third kappa shape index (κ3) is 2.05. The Labute approximate surface area is 103 Å². The number of likely N-dealkylation sites (N-methyl/N-ethyl adjacent to an activating group) is 1. The second kappa shape index (κ2) is 4.31. The van der Waals surface area contributed by atoms with Crippen molar-refractivity contribution in [3.63, 3.8) is 0 Å². The van der Waals surface area contributed by atoms with E-state index in [2.05, 4.69) is 35.0 Å². The highest BCUT2D eigenvalue weighted by atomic mass is 16.3. The number of fused-ring (bicyclic) bond motifs is 1. The summed E-state index contributed by atoms with van der Waals surface area (Å²) in [6.07, 6.45) is 1.69. The van der Waals surface area contributed by atoms with Crippen molar-refractivity contribution in [1.82, 2.24) is 4.90 Å². The van der Waals surface area contributed by atoms with Crippen LogP contribution in [-0.2, 0) is 6.42 Å². The summed E-state index contributed by atoms with van der Waals surface area (Å²) in [7, 11) is 2.18. The summed E-state index contributed by atoms with van der Waals surface area (Å²) in [5.41, 5.74) is 3.81. The van der Waals surface area contributed by atoms with E-state index < -0.39 is 0 Å². The van der Waals surface area contributed by atoms with Crippen LogP contribution in [0.3, 0.4) is 0 Å². The minimum Gasteiger partial charge on any atom is -0.388 e. The third-order valence-electron chi connectivity index (χ3n) is 4.04. The molecule has 3 heteroatoms. The fourth-order valence-corrected chi connectivity index (χ4v) is 2.84. The average Bonchev–Trinajstić information content (AvgIpc) is 2.72. The summed E-state index contributed by atoms with van der Waals surface area (Å²) in [4.78, 5) is 4.82. The molecule has 0 spiro atoms. The maximum absolute atomic E-state index is 9.80. The van der Waals surface area contributed by atoms with Gasteiger partial charge in [-0.25, -0.2) is 0 Å². The van der Waals surface area contributed by atoms with Gasteiger partial charge in [0.15, 0.2) is 0 Å². The highest BCUT2D eigenvalue weighted by Crippen LogP contribution is 2.33. The van der Waals surface area contributed by atoms with Crippen LogP contribution in [0, 0.1) is 0 Å². The number of rotatable bonds is 1. The Balaban J connectivity index is 1.80. The van der Waals surface area contributed by atoms with Gasteiger partial charge < -0.3 is 14.9 Å². The summed E-state index contributed by atoms with van der Waals surface area (Å²) in [5, 5.41) is 9.80. The predicted octanol–water partition coefficient (Wildman–Crippen LogP) is 1.42. The lowest BCUT2D eigenvalue weighted by Crippen LogP contribution is -2.44. The number of aliphatic hydroxyl groups is 1. The summed E-state index contributed by atoms with van der Waals surface area (Å²) >= 11 is 0. The van der Waals surface area contributed by atoms with Gasteiger partial charge in [-0.3, -0.25) is 0 Å². The molecule has 2 aliphatic rings. The van der Waals surface area contributed by atoms with Gasteiger partial charge in [-0.1, -0.05) is 6.07 Å². The first-order valence-electron chi connectivity index (χ1n) is 6.48. The smallest absolute Gasteiger partial charge is 0.0795 e. The van der Waals surface area contributed by atoms with Crippen molar-refractivity contribution in [1.29, 1.82) is 0 Å². The molecule has 0 saturated carbocycles. The zero-order valence-electron chi connectivity index (χ0n) is 10.4. The van der Waals surface area contributed by atoms with Crippen LogP contribution in [-0.4, -0.2) is 43.2 Å². The highest BCUT2D eigenvalue weighted by Gasteiger charge is 2.22. The van der Waals surface area contributed by atoms with Crippen molar-refractivity contribution < 1.29 is 5.11 Å². The van der Waals surface area contributed by atoms with Crippen molar-refractivity contribution in [2.75, 3.05) is 38.1 Å². The molecule has 1 heterocycles. The van der Waals surface area contributed by atoms with Gasteiger partial charge in [-0.2, -0.15) is 0 Å². The normalized spacial score (nSPS) is 25.1. The average molecular weight is 232 g/mol. The molecular formula is C14H20N2O. The van der Waals surface area contributed by atoms with Crippen molar-refractivity contribution in [2.24, 2.45) is 0 Å². The first-order chi connectivity index (χ1) is 8.24. The standard InChI is InChI=1S/C14H20N2O/c1-15-6-8-16(9-7-15)12-3-4-13-11(10-12)2-5-14(13)17/h3-4,10,14,17H,2,5-9H2,1H3. The van der Waals surface area contributed by atoms with Crippen LogP contribution in [0.5, 0.6) is 0 Å².